The molecule has 1 aliphatic heterocycles. The molecule has 2 aromatic rings. The van der Waals surface area contributed by atoms with E-state index in [0.29, 0.717) is 24.5 Å². The molecule has 0 aromatic heterocycles. The van der Waals surface area contributed by atoms with Gasteiger partial charge in [0.2, 0.25) is 0 Å². The van der Waals surface area contributed by atoms with Gasteiger partial charge < -0.3 is 24.3 Å². The van der Waals surface area contributed by atoms with Crippen LogP contribution in [0.1, 0.15) is 35.3 Å². The van der Waals surface area contributed by atoms with Gasteiger partial charge >= 0.3 is 5.97 Å². The number of nitrogens with one attached hydrogen (secondary N) is 1. The van der Waals surface area contributed by atoms with Gasteiger partial charge in [-0.15, -0.1) is 0 Å². The first-order valence-electron chi connectivity index (χ1n) is 9.53. The minimum absolute atomic E-state index is 0.139. The van der Waals surface area contributed by atoms with Crippen molar-refractivity contribution in [2.24, 2.45) is 0 Å². The van der Waals surface area contributed by atoms with Gasteiger partial charge in [-0.1, -0.05) is 0 Å². The molecule has 0 fully saturated rings. The summed E-state index contributed by atoms with van der Waals surface area (Å²) >= 11 is 0. The quantitative estimate of drug-likeness (QED) is 0.688. The third kappa shape index (κ3) is 5.19. The van der Waals surface area contributed by atoms with E-state index in [1.165, 1.54) is 7.11 Å². The van der Waals surface area contributed by atoms with E-state index < -0.39 is 5.97 Å². The largest absolute Gasteiger partial charge is 0.494 e. The monoisotopic (exact) mass is 399 g/mol. The molecule has 1 N–H and O–H groups in total. The van der Waals surface area contributed by atoms with Gasteiger partial charge in [-0.25, -0.2) is 4.79 Å². The van der Waals surface area contributed by atoms with Crippen molar-refractivity contribution in [2.75, 3.05) is 20.3 Å². The SMILES string of the molecule is CCOc1cc2c(cc1CNC(=O)COc1ccc(C(=O)OC)cc1)O[C@@H](C)C2. The predicted octanol–water partition coefficient (Wildman–Crippen LogP) is 2.89. The molecule has 1 heterocycles. The molecule has 0 radical (unpaired) electrons. The van der Waals surface area contributed by atoms with Gasteiger partial charge in [0, 0.05) is 24.1 Å². The smallest absolute Gasteiger partial charge is 0.337 e. The van der Waals surface area contributed by atoms with Crippen LogP contribution < -0.4 is 19.5 Å². The molecule has 29 heavy (non-hydrogen) atoms. The highest BCUT2D eigenvalue weighted by molar-refractivity contribution is 5.89. The number of hydrogen-bond donors (Lipinski definition) is 1. The van der Waals surface area contributed by atoms with Crippen molar-refractivity contribution in [1.29, 1.82) is 0 Å². The van der Waals surface area contributed by atoms with E-state index in [0.717, 1.165) is 29.0 Å². The zero-order valence-electron chi connectivity index (χ0n) is 16.8. The van der Waals surface area contributed by atoms with E-state index in [1.54, 1.807) is 24.3 Å². The van der Waals surface area contributed by atoms with Crippen LogP contribution in [-0.2, 0) is 22.5 Å². The first-order chi connectivity index (χ1) is 14.0. The van der Waals surface area contributed by atoms with Gasteiger partial charge in [0.1, 0.15) is 23.4 Å². The van der Waals surface area contributed by atoms with Gasteiger partial charge in [0.25, 0.3) is 5.91 Å². The van der Waals surface area contributed by atoms with Crippen molar-refractivity contribution in [2.45, 2.75) is 32.9 Å². The number of carbonyl (C=O) groups is 2. The Morgan fingerprint density at radius 3 is 2.62 bits per heavy atom. The number of hydrogen-bond acceptors (Lipinski definition) is 6. The molecular weight excluding hydrogens is 374 g/mol. The van der Waals surface area contributed by atoms with Gasteiger partial charge in [0.05, 0.1) is 19.3 Å². The number of ether oxygens (including phenoxy) is 4. The Morgan fingerprint density at radius 2 is 1.93 bits per heavy atom. The number of fused-ring (bicyclic) bond motifs is 1. The van der Waals surface area contributed by atoms with Gasteiger partial charge in [-0.05, 0) is 50.2 Å². The number of esters is 1. The topological polar surface area (TPSA) is 83.1 Å². The number of amides is 1. The lowest BCUT2D eigenvalue weighted by Crippen LogP contribution is -2.28. The van der Waals surface area contributed by atoms with E-state index in [2.05, 4.69) is 10.1 Å². The van der Waals surface area contributed by atoms with Crippen LogP contribution in [-0.4, -0.2) is 38.3 Å². The Kier molecular flexibility index (Phi) is 6.59. The molecule has 0 saturated heterocycles. The maximum absolute atomic E-state index is 12.2. The Morgan fingerprint density at radius 1 is 1.17 bits per heavy atom. The minimum atomic E-state index is -0.424. The summed E-state index contributed by atoms with van der Waals surface area (Å²) in [6.07, 6.45) is 0.994. The fourth-order valence-electron chi connectivity index (χ4n) is 3.11. The summed E-state index contributed by atoms with van der Waals surface area (Å²) in [7, 11) is 1.32. The molecule has 0 unspecified atom stereocenters. The lowest BCUT2D eigenvalue weighted by Gasteiger charge is -2.13. The zero-order valence-corrected chi connectivity index (χ0v) is 16.8. The number of carbonyl (C=O) groups excluding carboxylic acids is 2. The van der Waals surface area contributed by atoms with Crippen molar-refractivity contribution < 1.29 is 28.5 Å². The molecule has 2 aromatic carbocycles. The fourth-order valence-corrected chi connectivity index (χ4v) is 3.11. The first kappa shape index (κ1) is 20.5. The van der Waals surface area contributed by atoms with Gasteiger partial charge in [-0.3, -0.25) is 4.79 Å². The molecule has 7 nitrogen and oxygen atoms in total. The highest BCUT2D eigenvalue weighted by Crippen LogP contribution is 2.35. The fraction of sp³-hybridized carbons (Fsp3) is 0.364. The van der Waals surface area contributed by atoms with Crippen LogP contribution in [0.25, 0.3) is 0 Å². The lowest BCUT2D eigenvalue weighted by molar-refractivity contribution is -0.123. The first-order valence-corrected chi connectivity index (χ1v) is 9.53. The molecule has 1 atom stereocenters. The average Bonchev–Trinajstić information content (AvgIpc) is 3.09. The second-order valence-corrected chi connectivity index (χ2v) is 6.71. The maximum atomic E-state index is 12.2. The molecular formula is C22H25NO6. The summed E-state index contributed by atoms with van der Waals surface area (Å²) in [6, 6.07) is 10.3. The Labute approximate surface area is 169 Å². The molecule has 0 saturated carbocycles. The second kappa shape index (κ2) is 9.32. The maximum Gasteiger partial charge on any atom is 0.337 e. The second-order valence-electron chi connectivity index (χ2n) is 6.71. The summed E-state index contributed by atoms with van der Waals surface area (Å²) in [5, 5.41) is 2.84. The predicted molar refractivity (Wildman–Crippen MR) is 107 cm³/mol. The standard InChI is InChI=1S/C22H25NO6/c1-4-27-19-10-16-9-14(2)29-20(16)11-17(19)12-23-21(24)13-28-18-7-5-15(6-8-18)22(25)26-3/h5-8,10-11,14H,4,9,12-13H2,1-3H3,(H,23,24)/t14-/m0/s1. The van der Waals surface area contributed by atoms with Gasteiger partial charge in [0.15, 0.2) is 6.61 Å². The number of benzene rings is 2. The third-order valence-corrected chi connectivity index (χ3v) is 4.50. The van der Waals surface area contributed by atoms with Crippen LogP contribution in [0.4, 0.5) is 0 Å². The molecule has 3 rings (SSSR count). The average molecular weight is 399 g/mol. The van der Waals surface area contributed by atoms with Crippen LogP contribution in [0, 0.1) is 0 Å². The summed E-state index contributed by atoms with van der Waals surface area (Å²) in [6.45, 7) is 4.66. The highest BCUT2D eigenvalue weighted by atomic mass is 16.5. The minimum Gasteiger partial charge on any atom is -0.494 e. The Bertz CT molecular complexity index is 878. The summed E-state index contributed by atoms with van der Waals surface area (Å²) in [4.78, 5) is 23.6. The summed E-state index contributed by atoms with van der Waals surface area (Å²) in [5.74, 6) is 1.39. The van der Waals surface area contributed by atoms with Crippen molar-refractivity contribution in [1.82, 2.24) is 5.32 Å². The third-order valence-electron chi connectivity index (χ3n) is 4.50. The van der Waals surface area contributed by atoms with Gasteiger partial charge in [-0.2, -0.15) is 0 Å². The van der Waals surface area contributed by atoms with Crippen LogP contribution in [0.2, 0.25) is 0 Å². The molecule has 0 bridgehead atoms. The highest BCUT2D eigenvalue weighted by Gasteiger charge is 2.22. The molecule has 0 spiro atoms. The van der Waals surface area contributed by atoms with Crippen molar-refractivity contribution in [3.05, 3.63) is 53.1 Å². The molecule has 7 heteroatoms. The van der Waals surface area contributed by atoms with Crippen LogP contribution in [0.15, 0.2) is 36.4 Å². The van der Waals surface area contributed by atoms with E-state index in [4.69, 9.17) is 14.2 Å². The number of methoxy groups -OCH3 is 1. The van der Waals surface area contributed by atoms with Crippen molar-refractivity contribution >= 4 is 11.9 Å². The molecule has 1 amide bonds. The zero-order chi connectivity index (χ0) is 20.8. The van der Waals surface area contributed by atoms with E-state index >= 15 is 0 Å². The van der Waals surface area contributed by atoms with E-state index in [-0.39, 0.29) is 18.6 Å². The summed E-state index contributed by atoms with van der Waals surface area (Å²) in [5.41, 5.74) is 2.39. The normalized spacial score (nSPS) is 14.5. The van der Waals surface area contributed by atoms with Crippen molar-refractivity contribution in [3.8, 4) is 17.2 Å². The van der Waals surface area contributed by atoms with E-state index in [9.17, 15) is 9.59 Å². The van der Waals surface area contributed by atoms with Crippen LogP contribution in [0.5, 0.6) is 17.2 Å². The molecule has 1 aliphatic rings. The number of rotatable bonds is 8. The Balaban J connectivity index is 1.55. The van der Waals surface area contributed by atoms with E-state index in [1.807, 2.05) is 26.0 Å². The van der Waals surface area contributed by atoms with Crippen molar-refractivity contribution in [3.63, 3.8) is 0 Å². The Hall–Kier alpha value is -3.22. The van der Waals surface area contributed by atoms with Crippen LogP contribution >= 0.6 is 0 Å². The summed E-state index contributed by atoms with van der Waals surface area (Å²) < 4.78 is 21.6. The molecule has 0 aliphatic carbocycles. The molecule has 154 valence electrons. The lowest BCUT2D eigenvalue weighted by atomic mass is 10.1. The van der Waals surface area contributed by atoms with Crippen LogP contribution in [0.3, 0.4) is 0 Å².